The van der Waals surface area contributed by atoms with Gasteiger partial charge in [-0.15, -0.1) is 0 Å². The third-order valence-electron chi connectivity index (χ3n) is 3.25. The van der Waals surface area contributed by atoms with Crippen molar-refractivity contribution >= 4 is 0 Å². The van der Waals surface area contributed by atoms with Crippen LogP contribution >= 0.6 is 0 Å². The third-order valence-corrected chi connectivity index (χ3v) is 3.25. The van der Waals surface area contributed by atoms with E-state index in [9.17, 15) is 0 Å². The average Bonchev–Trinajstić information content (AvgIpc) is 2.53. The molecule has 1 aromatic rings. The second kappa shape index (κ2) is 6.40. The summed E-state index contributed by atoms with van der Waals surface area (Å²) >= 11 is 0. The second-order valence-corrected chi connectivity index (χ2v) is 4.84. The minimum absolute atomic E-state index is 0.0474. The Morgan fingerprint density at radius 3 is 2.78 bits per heavy atom. The van der Waals surface area contributed by atoms with Crippen molar-refractivity contribution in [3.8, 4) is 0 Å². The van der Waals surface area contributed by atoms with Gasteiger partial charge in [-0.2, -0.15) is 0 Å². The molecule has 1 heterocycles. The lowest BCUT2D eigenvalue weighted by Gasteiger charge is -2.21. The van der Waals surface area contributed by atoms with Crippen LogP contribution in [0.1, 0.15) is 5.56 Å². The van der Waals surface area contributed by atoms with E-state index in [4.69, 9.17) is 5.53 Å². The van der Waals surface area contributed by atoms with Gasteiger partial charge in [-0.3, -0.25) is 4.90 Å². The lowest BCUT2D eigenvalue weighted by molar-refractivity contribution is 0.265. The van der Waals surface area contributed by atoms with Crippen LogP contribution in [0.5, 0.6) is 0 Å². The van der Waals surface area contributed by atoms with Crippen molar-refractivity contribution in [3.05, 3.63) is 46.3 Å². The lowest BCUT2D eigenvalue weighted by atomic mass is 10.2. The van der Waals surface area contributed by atoms with Gasteiger partial charge in [0.25, 0.3) is 0 Å². The first kappa shape index (κ1) is 12.9. The van der Waals surface area contributed by atoms with Crippen LogP contribution in [0.4, 0.5) is 0 Å². The van der Waals surface area contributed by atoms with Crippen LogP contribution in [0.3, 0.4) is 0 Å². The van der Waals surface area contributed by atoms with Crippen LogP contribution in [0.25, 0.3) is 10.4 Å². The molecule has 0 N–H and O–H groups in total. The van der Waals surface area contributed by atoms with E-state index in [2.05, 4.69) is 51.1 Å². The predicted octanol–water partition coefficient (Wildman–Crippen LogP) is 2.11. The summed E-state index contributed by atoms with van der Waals surface area (Å²) in [5.74, 6) is 0. The zero-order valence-corrected chi connectivity index (χ0v) is 10.7. The normalized spacial score (nSPS) is 22.2. The number of azide groups is 1. The molecule has 1 aliphatic heterocycles. The maximum Gasteiger partial charge on any atom is 0.0628 e. The summed E-state index contributed by atoms with van der Waals surface area (Å²) < 4.78 is 0. The molecule has 1 aromatic carbocycles. The number of rotatable bonds is 3. The fourth-order valence-electron chi connectivity index (χ4n) is 2.34. The molecule has 2 rings (SSSR count). The van der Waals surface area contributed by atoms with Crippen LogP contribution in [-0.2, 0) is 6.54 Å². The van der Waals surface area contributed by atoms with Crippen LogP contribution in [-0.4, -0.2) is 49.1 Å². The molecule has 0 bridgehead atoms. The number of hydrogen-bond donors (Lipinski definition) is 0. The van der Waals surface area contributed by atoms with Crippen molar-refractivity contribution in [1.29, 1.82) is 0 Å². The Hall–Kier alpha value is -1.55. The van der Waals surface area contributed by atoms with Crippen LogP contribution < -0.4 is 0 Å². The SMILES string of the molecule is CN1CCN(Cc2ccccc2)CC(N=[N+]=[N-])C1. The Morgan fingerprint density at radius 1 is 1.28 bits per heavy atom. The van der Waals surface area contributed by atoms with Crippen LogP contribution in [0, 0.1) is 0 Å². The monoisotopic (exact) mass is 245 g/mol. The van der Waals surface area contributed by atoms with Gasteiger partial charge in [0.15, 0.2) is 0 Å². The van der Waals surface area contributed by atoms with E-state index in [1.165, 1.54) is 5.56 Å². The third kappa shape index (κ3) is 3.74. The number of hydrogen-bond acceptors (Lipinski definition) is 3. The van der Waals surface area contributed by atoms with Gasteiger partial charge in [-0.25, -0.2) is 0 Å². The first-order chi connectivity index (χ1) is 8.78. The summed E-state index contributed by atoms with van der Waals surface area (Å²) in [7, 11) is 2.08. The molecule has 96 valence electrons. The lowest BCUT2D eigenvalue weighted by Crippen LogP contribution is -2.31. The van der Waals surface area contributed by atoms with E-state index in [1.807, 2.05) is 6.07 Å². The smallest absolute Gasteiger partial charge is 0.0628 e. The molecule has 0 spiro atoms. The first-order valence-corrected chi connectivity index (χ1v) is 6.27. The zero-order chi connectivity index (χ0) is 12.8. The molecular weight excluding hydrogens is 226 g/mol. The average molecular weight is 245 g/mol. The number of nitrogens with zero attached hydrogens (tertiary/aromatic N) is 5. The summed E-state index contributed by atoms with van der Waals surface area (Å²) in [5.41, 5.74) is 9.90. The minimum atomic E-state index is 0.0474. The quantitative estimate of drug-likeness (QED) is 0.465. The fraction of sp³-hybridized carbons (Fsp3) is 0.538. The van der Waals surface area contributed by atoms with Gasteiger partial charge in [0, 0.05) is 37.6 Å². The highest BCUT2D eigenvalue weighted by Gasteiger charge is 2.19. The highest BCUT2D eigenvalue weighted by Crippen LogP contribution is 2.10. The fourth-order valence-corrected chi connectivity index (χ4v) is 2.34. The molecule has 18 heavy (non-hydrogen) atoms. The van der Waals surface area contributed by atoms with Crippen LogP contribution in [0.2, 0.25) is 0 Å². The van der Waals surface area contributed by atoms with Gasteiger partial charge in [-0.05, 0) is 18.1 Å². The van der Waals surface area contributed by atoms with E-state index in [0.29, 0.717) is 0 Å². The Morgan fingerprint density at radius 2 is 2.06 bits per heavy atom. The molecule has 5 heteroatoms. The molecule has 1 aliphatic rings. The Bertz CT molecular complexity index is 413. The molecule has 1 atom stereocenters. The van der Waals surface area contributed by atoms with Gasteiger partial charge in [-0.1, -0.05) is 35.4 Å². The molecule has 0 radical (unpaired) electrons. The zero-order valence-electron chi connectivity index (χ0n) is 10.7. The number of likely N-dealkylation sites (N-methyl/N-ethyl adjacent to an activating group) is 1. The summed E-state index contributed by atoms with van der Waals surface area (Å²) in [6.45, 7) is 4.64. The highest BCUT2D eigenvalue weighted by atomic mass is 15.3. The van der Waals surface area contributed by atoms with E-state index in [1.54, 1.807) is 0 Å². The van der Waals surface area contributed by atoms with Gasteiger partial charge in [0.05, 0.1) is 6.04 Å². The summed E-state index contributed by atoms with van der Waals surface area (Å²) in [4.78, 5) is 7.53. The van der Waals surface area contributed by atoms with E-state index in [-0.39, 0.29) is 6.04 Å². The molecule has 1 fully saturated rings. The molecule has 5 nitrogen and oxygen atoms in total. The maximum atomic E-state index is 8.59. The van der Waals surface area contributed by atoms with Crippen molar-refractivity contribution < 1.29 is 0 Å². The number of benzene rings is 1. The van der Waals surface area contributed by atoms with Crippen molar-refractivity contribution in [3.63, 3.8) is 0 Å². The predicted molar refractivity (Wildman–Crippen MR) is 72.2 cm³/mol. The van der Waals surface area contributed by atoms with Gasteiger partial charge >= 0.3 is 0 Å². The Balaban J connectivity index is 2.01. The maximum absolute atomic E-state index is 8.59. The molecule has 1 saturated heterocycles. The molecule has 0 aromatic heterocycles. The van der Waals surface area contributed by atoms with Gasteiger partial charge in [0.1, 0.15) is 0 Å². The van der Waals surface area contributed by atoms with Crippen molar-refractivity contribution in [2.24, 2.45) is 5.11 Å². The largest absolute Gasteiger partial charge is 0.305 e. The Labute approximate surface area is 108 Å². The molecule has 1 unspecified atom stereocenters. The van der Waals surface area contributed by atoms with E-state index in [0.717, 1.165) is 32.7 Å². The topological polar surface area (TPSA) is 55.2 Å². The minimum Gasteiger partial charge on any atom is -0.305 e. The molecule has 0 saturated carbocycles. The summed E-state index contributed by atoms with van der Waals surface area (Å²) in [6, 6.07) is 10.5. The molecule has 0 aliphatic carbocycles. The summed E-state index contributed by atoms with van der Waals surface area (Å²) in [6.07, 6.45) is 0. The van der Waals surface area contributed by atoms with E-state index < -0.39 is 0 Å². The van der Waals surface area contributed by atoms with E-state index >= 15 is 0 Å². The summed E-state index contributed by atoms with van der Waals surface area (Å²) in [5, 5.41) is 3.88. The molecule has 0 amide bonds. The van der Waals surface area contributed by atoms with Crippen LogP contribution in [0.15, 0.2) is 35.4 Å². The van der Waals surface area contributed by atoms with Gasteiger partial charge in [0.2, 0.25) is 0 Å². The standard InChI is InChI=1S/C13H19N5/c1-17-7-8-18(11-13(10-17)15-16-14)9-12-5-3-2-4-6-12/h2-6,13H,7-11H2,1H3. The Kier molecular flexibility index (Phi) is 4.59. The van der Waals surface area contributed by atoms with Crippen molar-refractivity contribution in [1.82, 2.24) is 9.80 Å². The second-order valence-electron chi connectivity index (χ2n) is 4.84. The molecular formula is C13H19N5. The van der Waals surface area contributed by atoms with Crippen molar-refractivity contribution in [2.45, 2.75) is 12.6 Å². The highest BCUT2D eigenvalue weighted by molar-refractivity contribution is 5.14. The first-order valence-electron chi connectivity index (χ1n) is 6.27. The van der Waals surface area contributed by atoms with Gasteiger partial charge < -0.3 is 4.90 Å². The van der Waals surface area contributed by atoms with Crippen molar-refractivity contribution in [2.75, 3.05) is 33.2 Å².